The Morgan fingerprint density at radius 1 is 1.18 bits per heavy atom. The molecular weight excluding hydrogens is 674 g/mol. The van der Waals surface area contributed by atoms with E-state index in [1.54, 1.807) is 25.7 Å². The van der Waals surface area contributed by atoms with Crippen molar-refractivity contribution in [2.75, 3.05) is 51.3 Å². The number of carbonyl (C=O) groups excluding carboxylic acids is 4. The van der Waals surface area contributed by atoms with Crippen molar-refractivity contribution in [2.24, 2.45) is 0 Å². The third-order valence-corrected chi connectivity index (χ3v) is 9.42. The van der Waals surface area contributed by atoms with Gasteiger partial charge in [-0.1, -0.05) is 0 Å². The minimum Gasteiger partial charge on any atom is -0.506 e. The SMILES string of the molecule is CC(=O)N[C@H]1[C@H]([C@H](O)[C@H](O)CNC(=O)c2ccc(O)c(NC=O)c2)O[C@@](CCN2CCOC[C@@]23CCN(C(=O)OC(C)(C)C)C3)(C(=O)O)C[C@@H]1O. The van der Waals surface area contributed by atoms with Crippen molar-refractivity contribution < 1.29 is 63.7 Å². The highest BCUT2D eigenvalue weighted by Gasteiger charge is 2.55. The summed E-state index contributed by atoms with van der Waals surface area (Å²) >= 11 is 0. The molecule has 3 aliphatic rings. The van der Waals surface area contributed by atoms with Gasteiger partial charge in [0.2, 0.25) is 12.3 Å². The van der Waals surface area contributed by atoms with Gasteiger partial charge in [0.15, 0.2) is 5.60 Å². The van der Waals surface area contributed by atoms with Crippen LogP contribution < -0.4 is 16.0 Å². The number of aliphatic carboxylic acids is 1. The molecule has 7 atom stereocenters. The normalized spacial score (nSPS) is 28.1. The summed E-state index contributed by atoms with van der Waals surface area (Å²) < 4.78 is 17.4. The number of aliphatic hydroxyl groups is 3. The van der Waals surface area contributed by atoms with Crippen molar-refractivity contribution in [2.45, 2.75) is 94.2 Å². The third-order valence-electron chi connectivity index (χ3n) is 9.42. The number of ether oxygens (including phenoxy) is 3. The smallest absolute Gasteiger partial charge is 0.410 e. The maximum atomic E-state index is 12.9. The number of hydrogen-bond donors (Lipinski definition) is 8. The van der Waals surface area contributed by atoms with Crippen LogP contribution in [0.4, 0.5) is 10.5 Å². The van der Waals surface area contributed by atoms with Gasteiger partial charge in [0.1, 0.15) is 23.6 Å². The van der Waals surface area contributed by atoms with E-state index in [-0.39, 0.29) is 36.5 Å². The quantitative estimate of drug-likeness (QED) is 0.0951. The molecule has 18 nitrogen and oxygen atoms in total. The van der Waals surface area contributed by atoms with Gasteiger partial charge in [-0.15, -0.1) is 0 Å². The third kappa shape index (κ3) is 9.43. The van der Waals surface area contributed by atoms with Crippen molar-refractivity contribution in [3.63, 3.8) is 0 Å². The highest BCUT2D eigenvalue weighted by atomic mass is 16.6. The summed E-state index contributed by atoms with van der Waals surface area (Å²) in [5.74, 6) is -3.07. The maximum Gasteiger partial charge on any atom is 0.410 e. The lowest BCUT2D eigenvalue weighted by molar-refractivity contribution is -0.231. The number of rotatable bonds is 12. The van der Waals surface area contributed by atoms with E-state index >= 15 is 0 Å². The molecule has 0 radical (unpaired) electrons. The number of aromatic hydroxyl groups is 1. The Balaban J connectivity index is 1.50. The molecule has 8 N–H and O–H groups in total. The molecule has 18 heteroatoms. The summed E-state index contributed by atoms with van der Waals surface area (Å²) in [5, 5.41) is 61.0. The molecule has 3 heterocycles. The van der Waals surface area contributed by atoms with Gasteiger partial charge in [0.05, 0.1) is 42.7 Å². The fourth-order valence-corrected chi connectivity index (χ4v) is 6.81. The molecule has 1 spiro atoms. The molecule has 51 heavy (non-hydrogen) atoms. The lowest BCUT2D eigenvalue weighted by Crippen LogP contribution is -2.68. The Hall–Kier alpha value is -4.07. The highest BCUT2D eigenvalue weighted by molar-refractivity contribution is 5.96. The van der Waals surface area contributed by atoms with Crippen LogP contribution in [-0.2, 0) is 28.6 Å². The van der Waals surface area contributed by atoms with Crippen LogP contribution >= 0.6 is 0 Å². The summed E-state index contributed by atoms with van der Waals surface area (Å²) in [7, 11) is 0. The maximum absolute atomic E-state index is 12.9. The molecule has 1 aromatic rings. The average Bonchev–Trinajstić information content (AvgIpc) is 3.48. The van der Waals surface area contributed by atoms with Gasteiger partial charge in [-0.05, 0) is 45.4 Å². The Morgan fingerprint density at radius 3 is 2.55 bits per heavy atom. The number of likely N-dealkylation sites (tertiary alicyclic amines) is 1. The van der Waals surface area contributed by atoms with Crippen LogP contribution in [0.25, 0.3) is 0 Å². The van der Waals surface area contributed by atoms with Crippen LogP contribution in [0.2, 0.25) is 0 Å². The Labute approximate surface area is 295 Å². The van der Waals surface area contributed by atoms with Gasteiger partial charge in [0, 0.05) is 58.1 Å². The van der Waals surface area contributed by atoms with E-state index in [1.165, 1.54) is 18.2 Å². The van der Waals surface area contributed by atoms with E-state index in [2.05, 4.69) is 16.0 Å². The van der Waals surface area contributed by atoms with Crippen molar-refractivity contribution in [1.29, 1.82) is 0 Å². The van der Waals surface area contributed by atoms with E-state index in [4.69, 9.17) is 14.2 Å². The van der Waals surface area contributed by atoms with Crippen molar-refractivity contribution in [3.05, 3.63) is 23.8 Å². The van der Waals surface area contributed by atoms with E-state index in [1.807, 2.05) is 4.90 Å². The number of aliphatic hydroxyl groups excluding tert-OH is 3. The molecule has 3 fully saturated rings. The van der Waals surface area contributed by atoms with E-state index in [0.29, 0.717) is 39.1 Å². The monoisotopic (exact) mass is 723 g/mol. The van der Waals surface area contributed by atoms with Crippen LogP contribution in [0.1, 0.15) is 57.3 Å². The summed E-state index contributed by atoms with van der Waals surface area (Å²) in [6.07, 6.45) is -7.07. The van der Waals surface area contributed by atoms with Crippen molar-refractivity contribution >= 4 is 36.0 Å². The van der Waals surface area contributed by atoms with Gasteiger partial charge in [0.25, 0.3) is 5.91 Å². The first kappa shape index (κ1) is 39.7. The topological polar surface area (TPSA) is 257 Å². The summed E-state index contributed by atoms with van der Waals surface area (Å²) in [5.41, 5.74) is -3.43. The van der Waals surface area contributed by atoms with Gasteiger partial charge >= 0.3 is 12.1 Å². The first-order valence-corrected chi connectivity index (χ1v) is 16.7. The average molecular weight is 724 g/mol. The molecule has 3 saturated heterocycles. The molecule has 1 aromatic carbocycles. The second-order valence-electron chi connectivity index (χ2n) is 14.3. The van der Waals surface area contributed by atoms with Crippen LogP contribution in [0.5, 0.6) is 5.75 Å². The molecule has 284 valence electrons. The molecule has 0 saturated carbocycles. The summed E-state index contributed by atoms with van der Waals surface area (Å²) in [6.45, 7) is 7.82. The number of anilines is 1. The number of carbonyl (C=O) groups is 5. The lowest BCUT2D eigenvalue weighted by Gasteiger charge is -2.49. The number of benzene rings is 1. The lowest BCUT2D eigenvalue weighted by atomic mass is 9.81. The zero-order valence-electron chi connectivity index (χ0n) is 29.2. The first-order chi connectivity index (χ1) is 23.9. The van der Waals surface area contributed by atoms with Gasteiger partial charge in [-0.25, -0.2) is 9.59 Å². The van der Waals surface area contributed by atoms with Gasteiger partial charge < -0.3 is 60.6 Å². The number of phenolic OH excluding ortho intramolecular Hbond substituents is 1. The van der Waals surface area contributed by atoms with Gasteiger partial charge in [-0.2, -0.15) is 0 Å². The minimum absolute atomic E-state index is 0.00144. The number of nitrogens with zero attached hydrogens (tertiary/aromatic N) is 2. The Morgan fingerprint density at radius 2 is 1.90 bits per heavy atom. The number of hydrogen-bond acceptors (Lipinski definition) is 13. The van der Waals surface area contributed by atoms with E-state index in [0.717, 1.165) is 6.92 Å². The minimum atomic E-state index is -2.07. The zero-order chi connectivity index (χ0) is 37.7. The van der Waals surface area contributed by atoms with Gasteiger partial charge in [-0.3, -0.25) is 19.3 Å². The predicted octanol–water partition coefficient (Wildman–Crippen LogP) is -1.01. The second-order valence-corrected chi connectivity index (χ2v) is 14.3. The molecule has 0 unspecified atom stereocenters. The fourth-order valence-electron chi connectivity index (χ4n) is 6.81. The highest BCUT2D eigenvalue weighted by Crippen LogP contribution is 2.38. The number of carboxylic acid groups (broad SMARTS) is 1. The summed E-state index contributed by atoms with van der Waals surface area (Å²) in [4.78, 5) is 65.1. The number of morpholine rings is 1. The summed E-state index contributed by atoms with van der Waals surface area (Å²) in [6, 6.07) is 2.30. The zero-order valence-corrected chi connectivity index (χ0v) is 29.2. The van der Waals surface area contributed by atoms with Crippen LogP contribution in [0, 0.1) is 0 Å². The molecular formula is C33H49N5O13. The molecule has 3 aliphatic heterocycles. The second kappa shape index (κ2) is 16.1. The van der Waals surface area contributed by atoms with Crippen LogP contribution in [0.3, 0.4) is 0 Å². The number of phenols is 1. The predicted molar refractivity (Wildman–Crippen MR) is 178 cm³/mol. The fraction of sp³-hybridized carbons (Fsp3) is 0.667. The number of amides is 4. The number of carboxylic acids is 1. The number of nitrogens with one attached hydrogen (secondary N) is 3. The van der Waals surface area contributed by atoms with E-state index < -0.39 is 84.0 Å². The molecule has 0 aliphatic carbocycles. The Bertz CT molecular complexity index is 1460. The van der Waals surface area contributed by atoms with Crippen molar-refractivity contribution in [1.82, 2.24) is 20.4 Å². The van der Waals surface area contributed by atoms with Crippen LogP contribution in [-0.4, -0.2) is 159 Å². The Kier molecular flexibility index (Phi) is 12.5. The van der Waals surface area contributed by atoms with E-state index in [9.17, 15) is 49.5 Å². The largest absolute Gasteiger partial charge is 0.506 e. The molecule has 4 amide bonds. The van der Waals surface area contributed by atoms with Crippen LogP contribution in [0.15, 0.2) is 18.2 Å². The van der Waals surface area contributed by atoms with Crippen molar-refractivity contribution in [3.8, 4) is 5.75 Å². The molecule has 4 rings (SSSR count). The molecule has 0 bridgehead atoms. The standard InChI is InChI=1S/C33H49N5O13/c1-19(40)36-25-23(42)14-33(29(46)47,8-10-38-11-12-49-17-32(38)7-9-37(16-32)30(48)51-31(2,3)4)50-27(25)26(44)24(43)15-34-28(45)20-5-6-22(41)21(13-20)35-18-39/h5-6,13,18,23-27,41-44H,7-12,14-17H2,1-4H3,(H,34,45)(H,35,39)(H,36,40)(H,46,47)/t23-,24+,25+,26+,27+,32-,33+/m0/s1. The molecule has 0 aromatic heterocycles. The first-order valence-electron chi connectivity index (χ1n) is 16.7.